The first kappa shape index (κ1) is 34.2. The number of sulfone groups is 1. The van der Waals surface area contributed by atoms with Crippen LogP contribution in [0.2, 0.25) is 0 Å². The Morgan fingerprint density at radius 2 is 1.53 bits per heavy atom. The SMILES string of the molecule is CC(C)(F)C[C@H](N[C@@H](c1ccc(-c2ccc(S(C)(=O)=O)cc2)cc1)C(F)(F)F)C(=O)N[C@H](C#N)Cc1ccc(Br)cc1F. The van der Waals surface area contributed by atoms with E-state index in [1.807, 2.05) is 0 Å². The summed E-state index contributed by atoms with van der Waals surface area (Å²) in [6, 6.07) is 11.6. The fourth-order valence-corrected chi connectivity index (χ4v) is 5.33. The van der Waals surface area contributed by atoms with E-state index in [0.717, 1.165) is 20.1 Å². The van der Waals surface area contributed by atoms with E-state index in [1.165, 1.54) is 66.7 Å². The molecule has 3 aromatic carbocycles. The first-order chi connectivity index (χ1) is 19.9. The zero-order valence-electron chi connectivity index (χ0n) is 23.3. The fourth-order valence-electron chi connectivity index (χ4n) is 4.36. The quantitative estimate of drug-likeness (QED) is 0.222. The van der Waals surface area contributed by atoms with E-state index in [-0.39, 0.29) is 22.4 Å². The molecule has 3 atom stereocenters. The molecule has 6 nitrogen and oxygen atoms in total. The van der Waals surface area contributed by atoms with Gasteiger partial charge in [0.25, 0.3) is 0 Å². The van der Waals surface area contributed by atoms with Gasteiger partial charge in [0.1, 0.15) is 23.6 Å². The predicted octanol–water partition coefficient (Wildman–Crippen LogP) is 6.61. The second-order valence-corrected chi connectivity index (χ2v) is 13.6. The number of hydrogen-bond donors (Lipinski definition) is 2. The molecule has 1 amide bonds. The van der Waals surface area contributed by atoms with Gasteiger partial charge >= 0.3 is 6.18 Å². The van der Waals surface area contributed by atoms with Gasteiger partial charge in [-0.25, -0.2) is 17.2 Å². The van der Waals surface area contributed by atoms with E-state index in [9.17, 15) is 40.4 Å². The van der Waals surface area contributed by atoms with Crippen LogP contribution in [0.15, 0.2) is 76.1 Å². The molecule has 43 heavy (non-hydrogen) atoms. The number of hydrogen-bond acceptors (Lipinski definition) is 5. The third kappa shape index (κ3) is 9.84. The highest BCUT2D eigenvalue weighted by Gasteiger charge is 2.44. The number of nitrogens with one attached hydrogen (secondary N) is 2. The first-order valence-electron chi connectivity index (χ1n) is 12.9. The molecule has 2 N–H and O–H groups in total. The highest BCUT2D eigenvalue weighted by atomic mass is 79.9. The number of nitriles is 1. The Morgan fingerprint density at radius 1 is 0.977 bits per heavy atom. The molecule has 0 aliphatic carbocycles. The fraction of sp³-hybridized carbons (Fsp3) is 0.333. The van der Waals surface area contributed by atoms with Crippen molar-refractivity contribution in [1.29, 1.82) is 5.26 Å². The molecule has 0 aliphatic rings. The molecule has 3 aromatic rings. The monoisotopic (exact) mass is 685 g/mol. The minimum absolute atomic E-state index is 0.0925. The number of benzene rings is 3. The number of amides is 1. The van der Waals surface area contributed by atoms with Crippen LogP contribution < -0.4 is 10.6 Å². The molecule has 0 spiro atoms. The molecule has 0 heterocycles. The van der Waals surface area contributed by atoms with Crippen molar-refractivity contribution in [2.24, 2.45) is 0 Å². The van der Waals surface area contributed by atoms with Crippen molar-refractivity contribution in [3.63, 3.8) is 0 Å². The largest absolute Gasteiger partial charge is 0.407 e. The molecule has 0 fully saturated rings. The topological polar surface area (TPSA) is 99.1 Å². The standard InChI is InChI=1S/C30H29BrF5N3O3S/c1-29(2,33)16-26(28(40)38-23(17-37)14-21-8-11-22(31)15-25(21)32)39-27(30(34,35)36)20-6-4-18(5-7-20)19-9-12-24(13-10-19)43(3,41)42/h4-13,15,23,26-27,39H,14,16H2,1-3H3,(H,38,40)/t23-,26-,27-/m0/s1. The smallest absolute Gasteiger partial charge is 0.339 e. The number of rotatable bonds is 11. The van der Waals surface area contributed by atoms with Crippen molar-refractivity contribution < 1.29 is 35.2 Å². The van der Waals surface area contributed by atoms with Gasteiger partial charge in [-0.1, -0.05) is 58.4 Å². The zero-order chi connectivity index (χ0) is 32.2. The van der Waals surface area contributed by atoms with Crippen LogP contribution in [0.25, 0.3) is 11.1 Å². The van der Waals surface area contributed by atoms with Crippen LogP contribution in [0.3, 0.4) is 0 Å². The molecule has 3 rings (SSSR count). The molecular weight excluding hydrogens is 657 g/mol. The Morgan fingerprint density at radius 3 is 2.00 bits per heavy atom. The lowest BCUT2D eigenvalue weighted by molar-refractivity contribution is -0.161. The predicted molar refractivity (Wildman–Crippen MR) is 156 cm³/mol. The van der Waals surface area contributed by atoms with E-state index in [2.05, 4.69) is 26.6 Å². The van der Waals surface area contributed by atoms with Crippen LogP contribution >= 0.6 is 15.9 Å². The third-order valence-electron chi connectivity index (χ3n) is 6.47. The van der Waals surface area contributed by atoms with Crippen LogP contribution in [0.4, 0.5) is 22.0 Å². The molecule has 13 heteroatoms. The molecule has 0 bridgehead atoms. The third-order valence-corrected chi connectivity index (χ3v) is 8.09. The summed E-state index contributed by atoms with van der Waals surface area (Å²) >= 11 is 3.12. The van der Waals surface area contributed by atoms with Gasteiger partial charge in [0.2, 0.25) is 5.91 Å². The lowest BCUT2D eigenvalue weighted by atomic mass is 9.96. The van der Waals surface area contributed by atoms with Gasteiger partial charge in [-0.05, 0) is 60.4 Å². The number of halogens is 6. The first-order valence-corrected chi connectivity index (χ1v) is 15.6. The van der Waals surface area contributed by atoms with Crippen molar-refractivity contribution in [1.82, 2.24) is 10.6 Å². The highest BCUT2D eigenvalue weighted by Crippen LogP contribution is 2.35. The van der Waals surface area contributed by atoms with Crippen molar-refractivity contribution in [3.05, 3.63) is 88.1 Å². The number of carbonyl (C=O) groups excluding carboxylic acids is 1. The van der Waals surface area contributed by atoms with Gasteiger partial charge in [-0.3, -0.25) is 10.1 Å². The van der Waals surface area contributed by atoms with Crippen LogP contribution in [0.1, 0.15) is 37.4 Å². The van der Waals surface area contributed by atoms with Crippen LogP contribution in [-0.4, -0.2) is 44.5 Å². The average molecular weight is 687 g/mol. The zero-order valence-corrected chi connectivity index (χ0v) is 25.7. The summed E-state index contributed by atoms with van der Waals surface area (Å²) in [5.74, 6) is -1.69. The van der Waals surface area contributed by atoms with Crippen molar-refractivity contribution in [3.8, 4) is 17.2 Å². The normalized spacial score (nSPS) is 14.4. The van der Waals surface area contributed by atoms with Gasteiger partial charge < -0.3 is 5.32 Å². The molecular formula is C30H29BrF5N3O3S. The van der Waals surface area contributed by atoms with Gasteiger partial charge in [0.05, 0.1) is 17.0 Å². The second kappa shape index (κ2) is 13.5. The lowest BCUT2D eigenvalue weighted by Crippen LogP contribution is -2.53. The van der Waals surface area contributed by atoms with E-state index in [1.54, 1.807) is 6.07 Å². The second-order valence-electron chi connectivity index (χ2n) is 10.7. The lowest BCUT2D eigenvalue weighted by Gasteiger charge is -2.30. The Labute approximate surface area is 255 Å². The summed E-state index contributed by atoms with van der Waals surface area (Å²) in [5.41, 5.74) is -1.14. The van der Waals surface area contributed by atoms with E-state index in [4.69, 9.17) is 0 Å². The number of nitrogens with zero attached hydrogens (tertiary/aromatic N) is 1. The molecule has 0 saturated carbocycles. The van der Waals surface area contributed by atoms with E-state index in [0.29, 0.717) is 15.6 Å². The maximum Gasteiger partial charge on any atom is 0.407 e. The molecule has 0 unspecified atom stereocenters. The Bertz CT molecular complexity index is 1580. The summed E-state index contributed by atoms with van der Waals surface area (Å²) in [6.45, 7) is 2.22. The van der Waals surface area contributed by atoms with Crippen molar-refractivity contribution >= 4 is 31.7 Å². The summed E-state index contributed by atoms with van der Waals surface area (Å²) in [5, 5.41) is 14.1. The van der Waals surface area contributed by atoms with Gasteiger partial charge in [0, 0.05) is 23.6 Å². The van der Waals surface area contributed by atoms with Gasteiger partial charge in [0.15, 0.2) is 9.84 Å². The summed E-state index contributed by atoms with van der Waals surface area (Å²) < 4.78 is 95.7. The minimum atomic E-state index is -4.90. The maximum atomic E-state index is 14.7. The number of alkyl halides is 4. The van der Waals surface area contributed by atoms with Crippen LogP contribution in [-0.2, 0) is 21.1 Å². The Balaban J connectivity index is 1.85. The number of carbonyl (C=O) groups is 1. The molecule has 0 radical (unpaired) electrons. The molecule has 0 aromatic heterocycles. The maximum absolute atomic E-state index is 14.7. The van der Waals surface area contributed by atoms with Crippen LogP contribution in [0, 0.1) is 17.1 Å². The summed E-state index contributed by atoms with van der Waals surface area (Å²) in [7, 11) is -3.43. The molecule has 230 valence electrons. The average Bonchev–Trinajstić information content (AvgIpc) is 2.90. The Kier molecular flexibility index (Phi) is 10.7. The highest BCUT2D eigenvalue weighted by molar-refractivity contribution is 9.10. The van der Waals surface area contributed by atoms with Gasteiger partial charge in [-0.15, -0.1) is 0 Å². The summed E-state index contributed by atoms with van der Waals surface area (Å²) in [4.78, 5) is 13.2. The molecule has 0 saturated heterocycles. The van der Waals surface area contributed by atoms with Crippen LogP contribution in [0.5, 0.6) is 0 Å². The minimum Gasteiger partial charge on any atom is -0.339 e. The molecule has 0 aliphatic heterocycles. The van der Waals surface area contributed by atoms with Crippen molar-refractivity contribution in [2.75, 3.05) is 6.26 Å². The summed E-state index contributed by atoms with van der Waals surface area (Å²) in [6.07, 6.45) is -4.75. The van der Waals surface area contributed by atoms with Crippen molar-refractivity contribution in [2.45, 2.75) is 61.6 Å². The Hall–Kier alpha value is -3.34. The van der Waals surface area contributed by atoms with E-state index < -0.39 is 58.0 Å². The van der Waals surface area contributed by atoms with E-state index >= 15 is 0 Å². The van der Waals surface area contributed by atoms with Gasteiger partial charge in [-0.2, -0.15) is 18.4 Å².